The minimum Gasteiger partial charge on any atom is -0.481 e. The van der Waals surface area contributed by atoms with E-state index >= 15 is 0 Å². The molecule has 2 aromatic rings. The Labute approximate surface area is 159 Å². The van der Waals surface area contributed by atoms with Gasteiger partial charge < -0.3 is 14.4 Å². The number of carbonyl (C=O) groups excluding carboxylic acids is 1. The van der Waals surface area contributed by atoms with Gasteiger partial charge in [0.2, 0.25) is 5.91 Å². The average Bonchev–Trinajstić information content (AvgIpc) is 2.95. The van der Waals surface area contributed by atoms with E-state index in [0.29, 0.717) is 24.9 Å². The summed E-state index contributed by atoms with van der Waals surface area (Å²) in [6, 6.07) is 3.93. The Hall–Kier alpha value is -3.17. The fourth-order valence-electron chi connectivity index (χ4n) is 3.66. The van der Waals surface area contributed by atoms with Crippen LogP contribution in [-0.4, -0.2) is 44.5 Å². The Balaban J connectivity index is 1.64. The molecule has 0 radical (unpaired) electrons. The zero-order valence-electron chi connectivity index (χ0n) is 15.4. The summed E-state index contributed by atoms with van der Waals surface area (Å²) in [5.74, 6) is -2.11. The second-order valence-corrected chi connectivity index (χ2v) is 7.21. The van der Waals surface area contributed by atoms with E-state index in [9.17, 15) is 29.6 Å². The van der Waals surface area contributed by atoms with Crippen LogP contribution in [0.25, 0.3) is 11.1 Å². The van der Waals surface area contributed by atoms with Gasteiger partial charge in [0.15, 0.2) is 5.58 Å². The van der Waals surface area contributed by atoms with Gasteiger partial charge in [-0.25, -0.2) is 4.79 Å². The monoisotopic (exact) mass is 391 g/mol. The summed E-state index contributed by atoms with van der Waals surface area (Å²) >= 11 is 0. The number of carboxylic acid groups (broad SMARTS) is 1. The summed E-state index contributed by atoms with van der Waals surface area (Å²) in [6.07, 6.45) is 1.10. The van der Waals surface area contributed by atoms with Crippen molar-refractivity contribution < 1.29 is 24.0 Å². The van der Waals surface area contributed by atoms with Gasteiger partial charge in [-0.3, -0.25) is 24.3 Å². The topological polar surface area (TPSA) is 136 Å². The molecule has 150 valence electrons. The van der Waals surface area contributed by atoms with Crippen molar-refractivity contribution in [2.45, 2.75) is 32.7 Å². The van der Waals surface area contributed by atoms with Crippen molar-refractivity contribution in [3.05, 3.63) is 38.9 Å². The molecule has 2 unspecified atom stereocenters. The Morgan fingerprint density at radius 3 is 2.79 bits per heavy atom. The highest BCUT2D eigenvalue weighted by atomic mass is 16.6. The van der Waals surface area contributed by atoms with Crippen LogP contribution in [0.1, 0.15) is 26.2 Å². The van der Waals surface area contributed by atoms with Crippen molar-refractivity contribution >= 4 is 28.7 Å². The molecule has 1 aliphatic rings. The maximum Gasteiger partial charge on any atom is 0.419 e. The fraction of sp³-hybridized carbons (Fsp3) is 0.500. The lowest BCUT2D eigenvalue weighted by Gasteiger charge is -2.34. The van der Waals surface area contributed by atoms with Crippen molar-refractivity contribution in [1.29, 1.82) is 0 Å². The van der Waals surface area contributed by atoms with Crippen LogP contribution in [0.4, 0.5) is 5.69 Å². The maximum atomic E-state index is 12.5. The quantitative estimate of drug-likeness (QED) is 0.586. The van der Waals surface area contributed by atoms with Crippen LogP contribution >= 0.6 is 0 Å². The molecule has 0 aliphatic carbocycles. The van der Waals surface area contributed by atoms with Crippen LogP contribution in [0.15, 0.2) is 27.4 Å². The molecule has 1 aromatic carbocycles. The first-order valence-electron chi connectivity index (χ1n) is 9.04. The Bertz CT molecular complexity index is 977. The number of oxazole rings is 1. The first-order valence-corrected chi connectivity index (χ1v) is 9.04. The number of nitrogens with zero attached hydrogens (tertiary/aromatic N) is 3. The Kier molecular flexibility index (Phi) is 5.48. The summed E-state index contributed by atoms with van der Waals surface area (Å²) < 4.78 is 6.40. The van der Waals surface area contributed by atoms with Gasteiger partial charge in [0.1, 0.15) is 0 Å². The molecule has 0 spiro atoms. The number of carbonyl (C=O) groups is 2. The second kappa shape index (κ2) is 7.83. The van der Waals surface area contributed by atoms with Gasteiger partial charge >= 0.3 is 11.7 Å². The molecule has 3 rings (SSSR count). The minimum absolute atomic E-state index is 0.120. The molecule has 10 heteroatoms. The first-order chi connectivity index (χ1) is 13.3. The van der Waals surface area contributed by atoms with Crippen LogP contribution in [0.3, 0.4) is 0 Å². The molecule has 0 bridgehead atoms. The van der Waals surface area contributed by atoms with Gasteiger partial charge in [-0.05, 0) is 24.8 Å². The summed E-state index contributed by atoms with van der Waals surface area (Å²) in [7, 11) is 0. The number of aryl methyl sites for hydroxylation is 1. The van der Waals surface area contributed by atoms with Crippen molar-refractivity contribution in [2.24, 2.45) is 11.8 Å². The highest BCUT2D eigenvalue weighted by Crippen LogP contribution is 2.23. The number of nitro benzene ring substituents is 1. The van der Waals surface area contributed by atoms with Crippen LogP contribution in [0.5, 0.6) is 0 Å². The number of amides is 1. The van der Waals surface area contributed by atoms with Crippen molar-refractivity contribution in [3.63, 3.8) is 0 Å². The van der Waals surface area contributed by atoms with Crippen LogP contribution in [-0.2, 0) is 16.1 Å². The number of rotatable bonds is 6. The predicted octanol–water partition coefficient (Wildman–Crippen LogP) is 1.85. The molecule has 1 aromatic heterocycles. The van der Waals surface area contributed by atoms with Gasteiger partial charge in [-0.15, -0.1) is 0 Å². The number of hydrogen-bond donors (Lipinski definition) is 1. The zero-order valence-corrected chi connectivity index (χ0v) is 15.4. The van der Waals surface area contributed by atoms with Crippen molar-refractivity contribution in [1.82, 2.24) is 9.47 Å². The van der Waals surface area contributed by atoms with Crippen LogP contribution < -0.4 is 5.76 Å². The molecular formula is C18H21N3O7. The van der Waals surface area contributed by atoms with E-state index in [2.05, 4.69) is 0 Å². The van der Waals surface area contributed by atoms with E-state index in [1.807, 2.05) is 6.92 Å². The third-order valence-electron chi connectivity index (χ3n) is 5.00. The second-order valence-electron chi connectivity index (χ2n) is 7.21. The largest absolute Gasteiger partial charge is 0.481 e. The lowest BCUT2D eigenvalue weighted by molar-refractivity contribution is -0.384. The van der Waals surface area contributed by atoms with E-state index in [1.54, 1.807) is 4.90 Å². The maximum absolute atomic E-state index is 12.5. The lowest BCUT2D eigenvalue weighted by Crippen LogP contribution is -2.45. The number of aromatic nitrogens is 1. The number of carboxylic acids is 1. The van der Waals surface area contributed by atoms with E-state index in [1.165, 1.54) is 22.8 Å². The molecule has 2 heterocycles. The molecule has 2 atom stereocenters. The molecule has 0 saturated carbocycles. The summed E-state index contributed by atoms with van der Waals surface area (Å²) in [4.78, 5) is 47.5. The summed E-state index contributed by atoms with van der Waals surface area (Å²) in [5, 5.41) is 20.0. The smallest absolute Gasteiger partial charge is 0.419 e. The Morgan fingerprint density at radius 2 is 2.11 bits per heavy atom. The zero-order chi connectivity index (χ0) is 20.4. The molecule has 10 nitrogen and oxygen atoms in total. The molecular weight excluding hydrogens is 370 g/mol. The number of fused-ring (bicyclic) bond motifs is 1. The Morgan fingerprint density at radius 1 is 1.36 bits per heavy atom. The number of likely N-dealkylation sites (tertiary alicyclic amines) is 1. The van der Waals surface area contributed by atoms with Crippen molar-refractivity contribution in [3.8, 4) is 0 Å². The van der Waals surface area contributed by atoms with Crippen LogP contribution in [0.2, 0.25) is 0 Å². The van der Waals surface area contributed by atoms with Gasteiger partial charge in [0.05, 0.1) is 22.4 Å². The third-order valence-corrected chi connectivity index (χ3v) is 5.00. The normalized spacial score (nSPS) is 19.7. The molecule has 1 N–H and O–H groups in total. The molecule has 1 aliphatic heterocycles. The van der Waals surface area contributed by atoms with Crippen LogP contribution in [0, 0.1) is 22.0 Å². The minimum atomic E-state index is -0.894. The number of nitro groups is 1. The molecule has 28 heavy (non-hydrogen) atoms. The highest BCUT2D eigenvalue weighted by molar-refractivity contribution is 5.78. The standard InChI is InChI=1S/C18H21N3O7/c1-11-7-12(17(23)24)10-19(9-11)16(22)3-2-6-20-14-5-4-13(21(26)27)8-15(14)28-18(20)25/h4-5,8,11-12H,2-3,6-7,9-10H2,1H3,(H,23,24). The summed E-state index contributed by atoms with van der Waals surface area (Å²) in [6.45, 7) is 2.88. The fourth-order valence-corrected chi connectivity index (χ4v) is 3.66. The van der Waals surface area contributed by atoms with Gasteiger partial charge in [-0.1, -0.05) is 6.92 Å². The lowest BCUT2D eigenvalue weighted by atomic mass is 9.90. The van der Waals surface area contributed by atoms with Crippen molar-refractivity contribution in [2.75, 3.05) is 13.1 Å². The predicted molar refractivity (Wildman–Crippen MR) is 97.8 cm³/mol. The van der Waals surface area contributed by atoms with E-state index in [-0.39, 0.29) is 42.6 Å². The van der Waals surface area contributed by atoms with E-state index in [0.717, 1.165) is 0 Å². The molecule has 1 amide bonds. The SMILES string of the molecule is CC1CC(C(=O)O)CN(C(=O)CCCn2c(=O)oc3cc([N+](=O)[O-])ccc32)C1. The first kappa shape index (κ1) is 19.6. The molecule has 1 saturated heterocycles. The number of hydrogen-bond acceptors (Lipinski definition) is 6. The third kappa shape index (κ3) is 4.05. The van der Waals surface area contributed by atoms with Gasteiger partial charge in [0.25, 0.3) is 5.69 Å². The van der Waals surface area contributed by atoms with E-state index < -0.39 is 22.6 Å². The van der Waals surface area contributed by atoms with Gasteiger partial charge in [-0.2, -0.15) is 0 Å². The number of benzene rings is 1. The number of piperidine rings is 1. The number of non-ortho nitro benzene ring substituents is 1. The highest BCUT2D eigenvalue weighted by Gasteiger charge is 2.31. The van der Waals surface area contributed by atoms with E-state index in [4.69, 9.17) is 4.42 Å². The van der Waals surface area contributed by atoms with Gasteiger partial charge in [0, 0.05) is 32.1 Å². The summed E-state index contributed by atoms with van der Waals surface area (Å²) in [5.41, 5.74) is 0.385. The average molecular weight is 391 g/mol. The molecule has 1 fully saturated rings. The number of aliphatic carboxylic acids is 1.